The molecule has 5 heteroatoms. The fraction of sp³-hybridized carbons (Fsp3) is 0.636. The molecule has 0 aliphatic rings. The van der Waals surface area contributed by atoms with Gasteiger partial charge in [-0.15, -0.1) is 0 Å². The van der Waals surface area contributed by atoms with Gasteiger partial charge in [0, 0.05) is 19.8 Å². The molecule has 1 rings (SSSR count). The average Bonchev–Trinajstić information content (AvgIpc) is 2.80. The molecule has 0 amide bonds. The van der Waals surface area contributed by atoms with Crippen LogP contribution in [0.1, 0.15) is 12.0 Å². The smallest absolute Gasteiger partial charge is 0.0700 e. The molecule has 0 aliphatic heterocycles. The highest BCUT2D eigenvalue weighted by Gasteiger charge is 2.07. The van der Waals surface area contributed by atoms with Crippen LogP contribution in [0.2, 0.25) is 0 Å². The molecular formula is C11H20N2O2S. The third-order valence-corrected chi connectivity index (χ3v) is 3.07. The number of thiophene rings is 1. The largest absolute Gasteiger partial charge is 0.382 e. The van der Waals surface area contributed by atoms with Crippen LogP contribution in [-0.4, -0.2) is 33.0 Å². The van der Waals surface area contributed by atoms with Crippen molar-refractivity contribution in [1.82, 2.24) is 5.43 Å². The third-order valence-electron chi connectivity index (χ3n) is 2.34. The lowest BCUT2D eigenvalue weighted by Gasteiger charge is -2.15. The van der Waals surface area contributed by atoms with Gasteiger partial charge >= 0.3 is 0 Å². The van der Waals surface area contributed by atoms with Gasteiger partial charge in [-0.25, -0.2) is 0 Å². The van der Waals surface area contributed by atoms with Crippen LogP contribution in [0.15, 0.2) is 16.8 Å². The van der Waals surface area contributed by atoms with E-state index in [9.17, 15) is 0 Å². The van der Waals surface area contributed by atoms with Crippen LogP contribution in [0.4, 0.5) is 0 Å². The number of hydrogen-bond donors (Lipinski definition) is 2. The summed E-state index contributed by atoms with van der Waals surface area (Å²) in [5, 5.41) is 4.23. The van der Waals surface area contributed by atoms with Crippen molar-refractivity contribution < 1.29 is 9.47 Å². The molecule has 1 heterocycles. The zero-order chi connectivity index (χ0) is 11.6. The summed E-state index contributed by atoms with van der Waals surface area (Å²) in [4.78, 5) is 0. The van der Waals surface area contributed by atoms with E-state index in [-0.39, 0.29) is 6.04 Å². The minimum Gasteiger partial charge on any atom is -0.382 e. The van der Waals surface area contributed by atoms with Gasteiger partial charge in [0.15, 0.2) is 0 Å². The molecule has 3 N–H and O–H groups in total. The van der Waals surface area contributed by atoms with Crippen LogP contribution in [0.25, 0.3) is 0 Å². The van der Waals surface area contributed by atoms with Crippen LogP contribution >= 0.6 is 11.3 Å². The number of methoxy groups -OCH3 is 1. The second-order valence-corrected chi connectivity index (χ2v) is 4.37. The van der Waals surface area contributed by atoms with Crippen molar-refractivity contribution >= 4 is 11.3 Å². The first-order valence-corrected chi connectivity index (χ1v) is 6.35. The zero-order valence-electron chi connectivity index (χ0n) is 9.65. The fourth-order valence-electron chi connectivity index (χ4n) is 1.41. The van der Waals surface area contributed by atoms with Crippen molar-refractivity contribution in [2.24, 2.45) is 5.84 Å². The lowest BCUT2D eigenvalue weighted by atomic mass is 10.1. The highest BCUT2D eigenvalue weighted by atomic mass is 32.1. The van der Waals surface area contributed by atoms with Gasteiger partial charge in [0.25, 0.3) is 0 Å². The van der Waals surface area contributed by atoms with E-state index < -0.39 is 0 Å². The van der Waals surface area contributed by atoms with E-state index in [4.69, 9.17) is 15.3 Å². The molecule has 0 aromatic carbocycles. The van der Waals surface area contributed by atoms with Crippen molar-refractivity contribution in [2.75, 3.05) is 26.9 Å². The molecule has 0 aliphatic carbocycles. The monoisotopic (exact) mass is 244 g/mol. The Morgan fingerprint density at radius 1 is 1.44 bits per heavy atom. The van der Waals surface area contributed by atoms with Gasteiger partial charge < -0.3 is 9.47 Å². The predicted molar refractivity (Wildman–Crippen MR) is 66.4 cm³/mol. The van der Waals surface area contributed by atoms with Crippen molar-refractivity contribution in [3.05, 3.63) is 22.4 Å². The SMILES string of the molecule is COCCOCCC(Cc1ccsc1)NN. The summed E-state index contributed by atoms with van der Waals surface area (Å²) in [6.07, 6.45) is 1.86. The van der Waals surface area contributed by atoms with Crippen LogP contribution in [-0.2, 0) is 15.9 Å². The number of nitrogens with two attached hydrogens (primary N) is 1. The summed E-state index contributed by atoms with van der Waals surface area (Å²) in [5.74, 6) is 5.50. The molecule has 0 spiro atoms. The Hall–Kier alpha value is -0.460. The van der Waals surface area contributed by atoms with Crippen molar-refractivity contribution in [3.63, 3.8) is 0 Å². The maximum absolute atomic E-state index is 5.50. The molecule has 0 bridgehead atoms. The lowest BCUT2D eigenvalue weighted by Crippen LogP contribution is -2.37. The minimum absolute atomic E-state index is 0.275. The number of nitrogens with one attached hydrogen (secondary N) is 1. The Balaban J connectivity index is 2.12. The molecule has 0 saturated carbocycles. The molecule has 1 aromatic heterocycles. The molecule has 0 fully saturated rings. The Kier molecular flexibility index (Phi) is 7.37. The van der Waals surface area contributed by atoms with Gasteiger partial charge in [0.1, 0.15) is 0 Å². The summed E-state index contributed by atoms with van der Waals surface area (Å²) in [7, 11) is 1.67. The average molecular weight is 244 g/mol. The molecule has 4 nitrogen and oxygen atoms in total. The normalized spacial score (nSPS) is 12.9. The van der Waals surface area contributed by atoms with Gasteiger partial charge in [-0.05, 0) is 35.2 Å². The Bertz CT molecular complexity index is 254. The minimum atomic E-state index is 0.275. The second-order valence-electron chi connectivity index (χ2n) is 3.59. The first-order chi connectivity index (χ1) is 7.86. The zero-order valence-corrected chi connectivity index (χ0v) is 10.5. The molecule has 1 unspecified atom stereocenters. The summed E-state index contributed by atoms with van der Waals surface area (Å²) < 4.78 is 10.3. The van der Waals surface area contributed by atoms with Gasteiger partial charge in [0.05, 0.1) is 13.2 Å². The topological polar surface area (TPSA) is 56.5 Å². The Labute approximate surface area is 101 Å². The maximum Gasteiger partial charge on any atom is 0.0700 e. The van der Waals surface area contributed by atoms with Crippen molar-refractivity contribution in [1.29, 1.82) is 0 Å². The van der Waals surface area contributed by atoms with Gasteiger partial charge in [-0.2, -0.15) is 11.3 Å². The Morgan fingerprint density at radius 3 is 2.94 bits per heavy atom. The molecule has 0 radical (unpaired) electrons. The number of hydrogen-bond acceptors (Lipinski definition) is 5. The van der Waals surface area contributed by atoms with E-state index in [2.05, 4.69) is 22.3 Å². The molecule has 1 atom stereocenters. The van der Waals surface area contributed by atoms with E-state index in [1.54, 1.807) is 18.4 Å². The highest BCUT2D eigenvalue weighted by Crippen LogP contribution is 2.09. The van der Waals surface area contributed by atoms with Gasteiger partial charge in [-0.1, -0.05) is 0 Å². The van der Waals surface area contributed by atoms with E-state index in [0.717, 1.165) is 12.8 Å². The lowest BCUT2D eigenvalue weighted by molar-refractivity contribution is 0.0658. The number of rotatable bonds is 9. The predicted octanol–water partition coefficient (Wildman–Crippen LogP) is 1.18. The first kappa shape index (κ1) is 13.6. The van der Waals surface area contributed by atoms with Crippen molar-refractivity contribution in [2.45, 2.75) is 18.9 Å². The van der Waals surface area contributed by atoms with Crippen LogP contribution in [0, 0.1) is 0 Å². The van der Waals surface area contributed by atoms with E-state index in [1.165, 1.54) is 5.56 Å². The highest BCUT2D eigenvalue weighted by molar-refractivity contribution is 7.07. The second kappa shape index (κ2) is 8.66. The van der Waals surface area contributed by atoms with Gasteiger partial charge in [0.2, 0.25) is 0 Å². The van der Waals surface area contributed by atoms with E-state index in [0.29, 0.717) is 19.8 Å². The fourth-order valence-corrected chi connectivity index (χ4v) is 2.09. The van der Waals surface area contributed by atoms with Crippen LogP contribution in [0.3, 0.4) is 0 Å². The van der Waals surface area contributed by atoms with Crippen LogP contribution < -0.4 is 11.3 Å². The summed E-state index contributed by atoms with van der Waals surface area (Å²) in [6.45, 7) is 2.00. The third kappa shape index (κ3) is 5.58. The summed E-state index contributed by atoms with van der Waals surface area (Å²) >= 11 is 1.71. The standard InChI is InChI=1S/C11H20N2O2S/c1-14-5-6-15-4-2-11(13-12)8-10-3-7-16-9-10/h3,7,9,11,13H,2,4-6,8,12H2,1H3. The quantitative estimate of drug-likeness (QED) is 0.389. The summed E-state index contributed by atoms with van der Waals surface area (Å²) in [6, 6.07) is 2.40. The molecular weight excluding hydrogens is 224 g/mol. The molecule has 16 heavy (non-hydrogen) atoms. The van der Waals surface area contributed by atoms with E-state index >= 15 is 0 Å². The first-order valence-electron chi connectivity index (χ1n) is 5.40. The van der Waals surface area contributed by atoms with Crippen LogP contribution in [0.5, 0.6) is 0 Å². The Morgan fingerprint density at radius 2 is 2.31 bits per heavy atom. The number of ether oxygens (including phenoxy) is 2. The maximum atomic E-state index is 5.50. The van der Waals surface area contributed by atoms with E-state index in [1.807, 2.05) is 0 Å². The van der Waals surface area contributed by atoms with Gasteiger partial charge in [-0.3, -0.25) is 11.3 Å². The summed E-state index contributed by atoms with van der Waals surface area (Å²) in [5.41, 5.74) is 4.15. The van der Waals surface area contributed by atoms with Crippen molar-refractivity contribution in [3.8, 4) is 0 Å². The number of hydrazine groups is 1. The molecule has 92 valence electrons. The molecule has 1 aromatic rings. The molecule has 0 saturated heterocycles.